The Morgan fingerprint density at radius 3 is 3.10 bits per heavy atom. The molecule has 3 rings (SSSR count). The maximum Gasteiger partial charge on any atom is 0.0949 e. The fraction of sp³-hybridized carbons (Fsp3) is 0.467. The lowest BCUT2D eigenvalue weighted by Crippen LogP contribution is -2.35. The van der Waals surface area contributed by atoms with Crippen LogP contribution in [0.4, 0.5) is 0 Å². The van der Waals surface area contributed by atoms with Crippen LogP contribution >= 0.6 is 0 Å². The van der Waals surface area contributed by atoms with Crippen molar-refractivity contribution in [3.05, 3.63) is 47.8 Å². The number of hydrogen-bond acceptors (Lipinski definition) is 4. The lowest BCUT2D eigenvalue weighted by Gasteiger charge is -2.32. The third kappa shape index (κ3) is 2.59. The van der Waals surface area contributed by atoms with E-state index in [0.29, 0.717) is 5.92 Å². The van der Waals surface area contributed by atoms with Gasteiger partial charge in [0.15, 0.2) is 0 Å². The zero-order valence-corrected chi connectivity index (χ0v) is 12.0. The van der Waals surface area contributed by atoms with Crippen molar-refractivity contribution in [2.24, 2.45) is 7.05 Å². The zero-order valence-electron chi connectivity index (χ0n) is 12.0. The highest BCUT2D eigenvalue weighted by atomic mass is 16.5. The average Bonchev–Trinajstić information content (AvgIpc) is 2.82. The van der Waals surface area contributed by atoms with E-state index in [2.05, 4.69) is 32.5 Å². The van der Waals surface area contributed by atoms with E-state index in [9.17, 15) is 0 Å². The molecule has 0 amide bonds. The Morgan fingerprint density at radius 1 is 1.45 bits per heavy atom. The summed E-state index contributed by atoms with van der Waals surface area (Å²) in [6.45, 7) is 3.53. The summed E-state index contributed by atoms with van der Waals surface area (Å²) in [5, 5.41) is 0. The summed E-state index contributed by atoms with van der Waals surface area (Å²) >= 11 is 0. The van der Waals surface area contributed by atoms with Gasteiger partial charge in [0.2, 0.25) is 0 Å². The largest absolute Gasteiger partial charge is 0.384 e. The molecule has 3 heterocycles. The highest BCUT2D eigenvalue weighted by molar-refractivity contribution is 5.22. The van der Waals surface area contributed by atoms with E-state index in [1.54, 1.807) is 7.11 Å². The predicted octanol–water partition coefficient (Wildman–Crippen LogP) is 1.56. The van der Waals surface area contributed by atoms with Gasteiger partial charge in [-0.3, -0.25) is 9.88 Å². The molecule has 0 N–H and O–H groups in total. The molecule has 0 bridgehead atoms. The van der Waals surface area contributed by atoms with Crippen LogP contribution in [-0.2, 0) is 24.9 Å². The van der Waals surface area contributed by atoms with Crippen molar-refractivity contribution < 1.29 is 4.74 Å². The van der Waals surface area contributed by atoms with Crippen LogP contribution in [-0.4, -0.2) is 39.7 Å². The highest BCUT2D eigenvalue weighted by Gasteiger charge is 2.28. The molecule has 0 radical (unpaired) electrons. The van der Waals surface area contributed by atoms with E-state index in [1.807, 2.05) is 24.8 Å². The summed E-state index contributed by atoms with van der Waals surface area (Å²) in [5.41, 5.74) is 3.72. The van der Waals surface area contributed by atoms with Gasteiger partial charge in [0.1, 0.15) is 0 Å². The molecule has 1 unspecified atom stereocenters. The normalized spacial score (nSPS) is 19.0. The van der Waals surface area contributed by atoms with Gasteiger partial charge in [0.25, 0.3) is 0 Å². The fourth-order valence-corrected chi connectivity index (χ4v) is 3.01. The number of nitrogens with zero attached hydrogens (tertiary/aromatic N) is 4. The summed E-state index contributed by atoms with van der Waals surface area (Å²) in [7, 11) is 3.82. The lowest BCUT2D eigenvalue weighted by molar-refractivity contribution is 0.132. The number of fused-ring (bicyclic) bond motifs is 1. The smallest absolute Gasteiger partial charge is 0.0949 e. The number of hydrogen-bond donors (Lipinski definition) is 0. The second kappa shape index (κ2) is 5.73. The van der Waals surface area contributed by atoms with Crippen LogP contribution in [0.5, 0.6) is 0 Å². The van der Waals surface area contributed by atoms with Gasteiger partial charge in [-0.2, -0.15) is 0 Å². The highest BCUT2D eigenvalue weighted by Crippen LogP contribution is 2.28. The Hall–Kier alpha value is -1.72. The van der Waals surface area contributed by atoms with Crippen LogP contribution in [0.2, 0.25) is 0 Å². The lowest BCUT2D eigenvalue weighted by atomic mass is 9.98. The molecule has 1 aliphatic heterocycles. The minimum Gasteiger partial charge on any atom is -0.384 e. The monoisotopic (exact) mass is 272 g/mol. The Balaban J connectivity index is 1.79. The molecule has 106 valence electrons. The zero-order chi connectivity index (χ0) is 13.9. The molecule has 0 spiro atoms. The average molecular weight is 272 g/mol. The molecule has 5 nitrogen and oxygen atoms in total. The van der Waals surface area contributed by atoms with E-state index in [-0.39, 0.29) is 0 Å². The Labute approximate surface area is 119 Å². The fourth-order valence-electron chi connectivity index (χ4n) is 3.01. The number of aryl methyl sites for hydroxylation is 1. The summed E-state index contributed by atoms with van der Waals surface area (Å²) in [5.74, 6) is 0.382. The molecule has 20 heavy (non-hydrogen) atoms. The quantitative estimate of drug-likeness (QED) is 0.847. The molecule has 0 saturated heterocycles. The maximum absolute atomic E-state index is 5.38. The molecule has 0 aliphatic carbocycles. The van der Waals surface area contributed by atoms with E-state index < -0.39 is 0 Å². The number of rotatable bonds is 4. The third-order valence-corrected chi connectivity index (χ3v) is 3.80. The first-order valence-electron chi connectivity index (χ1n) is 6.88. The Kier molecular flexibility index (Phi) is 3.80. The first-order chi connectivity index (χ1) is 9.78. The van der Waals surface area contributed by atoms with E-state index >= 15 is 0 Å². The first kappa shape index (κ1) is 13.3. The van der Waals surface area contributed by atoms with Gasteiger partial charge in [-0.05, 0) is 11.6 Å². The molecule has 0 saturated carbocycles. The van der Waals surface area contributed by atoms with E-state index in [1.165, 1.54) is 17.0 Å². The number of ether oxygens (including phenoxy) is 1. The van der Waals surface area contributed by atoms with E-state index in [0.717, 1.165) is 26.2 Å². The predicted molar refractivity (Wildman–Crippen MR) is 76.2 cm³/mol. The molecular weight excluding hydrogens is 252 g/mol. The van der Waals surface area contributed by atoms with Crippen LogP contribution in [0.3, 0.4) is 0 Å². The van der Waals surface area contributed by atoms with Crippen molar-refractivity contribution >= 4 is 0 Å². The Bertz CT molecular complexity index is 567. The SMILES string of the molecule is COCC1CN(Cc2cccnc2)Cc2ncn(C)c21. The number of pyridine rings is 1. The van der Waals surface area contributed by atoms with Crippen LogP contribution < -0.4 is 0 Å². The van der Waals surface area contributed by atoms with Crippen LogP contribution in [0.15, 0.2) is 30.9 Å². The van der Waals surface area contributed by atoms with E-state index in [4.69, 9.17) is 4.74 Å². The molecular formula is C15H20N4O. The molecule has 1 atom stereocenters. The van der Waals surface area contributed by atoms with Crippen molar-refractivity contribution in [2.75, 3.05) is 20.3 Å². The number of methoxy groups -OCH3 is 1. The van der Waals surface area contributed by atoms with Crippen molar-refractivity contribution in [1.82, 2.24) is 19.4 Å². The first-order valence-corrected chi connectivity index (χ1v) is 6.88. The molecule has 1 aliphatic rings. The van der Waals surface area contributed by atoms with Crippen LogP contribution in [0.1, 0.15) is 22.9 Å². The maximum atomic E-state index is 5.38. The van der Waals surface area contributed by atoms with Crippen molar-refractivity contribution in [3.63, 3.8) is 0 Å². The Morgan fingerprint density at radius 2 is 2.35 bits per heavy atom. The third-order valence-electron chi connectivity index (χ3n) is 3.80. The van der Waals surface area contributed by atoms with Gasteiger partial charge >= 0.3 is 0 Å². The van der Waals surface area contributed by atoms with Gasteiger partial charge in [-0.15, -0.1) is 0 Å². The van der Waals surface area contributed by atoms with Gasteiger partial charge in [-0.1, -0.05) is 6.07 Å². The molecule has 2 aromatic rings. The van der Waals surface area contributed by atoms with Crippen molar-refractivity contribution in [3.8, 4) is 0 Å². The minimum atomic E-state index is 0.382. The van der Waals surface area contributed by atoms with Gasteiger partial charge in [-0.25, -0.2) is 4.98 Å². The molecule has 2 aromatic heterocycles. The topological polar surface area (TPSA) is 43.2 Å². The second-order valence-corrected chi connectivity index (χ2v) is 5.37. The molecule has 0 fully saturated rings. The second-order valence-electron chi connectivity index (χ2n) is 5.37. The summed E-state index contributed by atoms with van der Waals surface area (Å²) in [4.78, 5) is 11.1. The van der Waals surface area contributed by atoms with Crippen LogP contribution in [0, 0.1) is 0 Å². The number of aromatic nitrogens is 3. The van der Waals surface area contributed by atoms with Crippen molar-refractivity contribution in [1.29, 1.82) is 0 Å². The summed E-state index contributed by atoms with van der Waals surface area (Å²) in [6.07, 6.45) is 5.64. The minimum absolute atomic E-state index is 0.382. The van der Waals surface area contributed by atoms with Gasteiger partial charge < -0.3 is 9.30 Å². The van der Waals surface area contributed by atoms with Crippen LogP contribution in [0.25, 0.3) is 0 Å². The molecule has 0 aromatic carbocycles. The summed E-state index contributed by atoms with van der Waals surface area (Å²) in [6, 6.07) is 4.10. The number of imidazole rings is 1. The van der Waals surface area contributed by atoms with Gasteiger partial charge in [0, 0.05) is 57.8 Å². The molecule has 5 heteroatoms. The standard InChI is InChI=1S/C15H20N4O/c1-18-11-17-14-9-19(7-12-4-3-5-16-6-12)8-13(10-20-2)15(14)18/h3-6,11,13H,7-10H2,1-2H3. The van der Waals surface area contributed by atoms with Crippen molar-refractivity contribution in [2.45, 2.75) is 19.0 Å². The van der Waals surface area contributed by atoms with Gasteiger partial charge in [0.05, 0.1) is 18.6 Å². The summed E-state index contributed by atoms with van der Waals surface area (Å²) < 4.78 is 7.51.